The molecule has 0 bridgehead atoms. The lowest BCUT2D eigenvalue weighted by Crippen LogP contribution is -2.03. The summed E-state index contributed by atoms with van der Waals surface area (Å²) < 4.78 is 10.0. The van der Waals surface area contributed by atoms with Crippen LogP contribution in [-0.4, -0.2) is 24.3 Å². The minimum atomic E-state index is -0.608. The van der Waals surface area contributed by atoms with Crippen molar-refractivity contribution in [3.05, 3.63) is 69.3 Å². The van der Waals surface area contributed by atoms with E-state index in [1.807, 2.05) is 0 Å². The Balaban J connectivity index is 2.13. The number of nitro benzene ring substituents is 1. The van der Waals surface area contributed by atoms with Gasteiger partial charge >= 0.3 is 11.7 Å². The van der Waals surface area contributed by atoms with Crippen LogP contribution in [0.15, 0.2) is 42.5 Å². The number of hydrogen-bond acceptors (Lipinski definition) is 6. The molecule has 0 aliphatic carbocycles. The lowest BCUT2D eigenvalue weighted by atomic mass is 10.1. The number of rotatable bonds is 6. The van der Waals surface area contributed by atoms with E-state index in [2.05, 4.69) is 4.74 Å². The van der Waals surface area contributed by atoms with Crippen molar-refractivity contribution in [1.82, 2.24) is 0 Å². The Bertz CT molecular complexity index is 739. The SMILES string of the molecule is COC(=O)c1ccc(COc2ccc(C=O)cc2[N+](=O)[O-])cc1. The fourth-order valence-electron chi connectivity index (χ4n) is 1.89. The lowest BCUT2D eigenvalue weighted by Gasteiger charge is -2.08. The number of benzene rings is 2. The molecule has 0 radical (unpaired) electrons. The molecule has 7 nitrogen and oxygen atoms in total. The van der Waals surface area contributed by atoms with Gasteiger partial charge in [0.1, 0.15) is 12.9 Å². The molecule has 0 aliphatic heterocycles. The number of nitrogens with zero attached hydrogens (tertiary/aromatic N) is 1. The average molecular weight is 315 g/mol. The van der Waals surface area contributed by atoms with Gasteiger partial charge in [0.25, 0.3) is 0 Å². The van der Waals surface area contributed by atoms with Gasteiger partial charge in [0.15, 0.2) is 5.75 Å². The number of carbonyl (C=O) groups excluding carboxylic acids is 2. The fraction of sp³-hybridized carbons (Fsp3) is 0.125. The summed E-state index contributed by atoms with van der Waals surface area (Å²) in [5.74, 6) is -0.379. The maximum absolute atomic E-state index is 11.3. The Hall–Kier alpha value is -3.22. The number of ether oxygens (including phenoxy) is 2. The molecule has 23 heavy (non-hydrogen) atoms. The number of hydrogen-bond donors (Lipinski definition) is 0. The summed E-state index contributed by atoms with van der Waals surface area (Å²) >= 11 is 0. The molecule has 0 amide bonds. The molecule has 0 spiro atoms. The van der Waals surface area contributed by atoms with Gasteiger partial charge in [0, 0.05) is 11.6 Å². The molecule has 7 heteroatoms. The van der Waals surface area contributed by atoms with Crippen molar-refractivity contribution >= 4 is 17.9 Å². The van der Waals surface area contributed by atoms with E-state index >= 15 is 0 Å². The van der Waals surface area contributed by atoms with E-state index in [4.69, 9.17) is 4.74 Å². The quantitative estimate of drug-likeness (QED) is 0.352. The third kappa shape index (κ3) is 3.91. The van der Waals surface area contributed by atoms with Crippen LogP contribution in [0.1, 0.15) is 26.3 Å². The minimum Gasteiger partial charge on any atom is -0.482 e. The number of nitro groups is 1. The Morgan fingerprint density at radius 2 is 1.91 bits per heavy atom. The Morgan fingerprint density at radius 1 is 1.22 bits per heavy atom. The van der Waals surface area contributed by atoms with Crippen LogP contribution >= 0.6 is 0 Å². The zero-order valence-corrected chi connectivity index (χ0v) is 12.2. The summed E-state index contributed by atoms with van der Waals surface area (Å²) in [5.41, 5.74) is 1.05. The number of aldehydes is 1. The van der Waals surface area contributed by atoms with Gasteiger partial charge in [-0.2, -0.15) is 0 Å². The van der Waals surface area contributed by atoms with Crippen molar-refractivity contribution in [2.75, 3.05) is 7.11 Å². The van der Waals surface area contributed by atoms with Gasteiger partial charge in [-0.15, -0.1) is 0 Å². The highest BCUT2D eigenvalue weighted by Gasteiger charge is 2.16. The zero-order valence-electron chi connectivity index (χ0n) is 12.2. The predicted octanol–water partition coefficient (Wildman–Crippen LogP) is 2.77. The van der Waals surface area contributed by atoms with Gasteiger partial charge in [0.05, 0.1) is 17.6 Å². The van der Waals surface area contributed by atoms with Gasteiger partial charge < -0.3 is 9.47 Å². The maximum atomic E-state index is 11.3. The fourth-order valence-corrected chi connectivity index (χ4v) is 1.89. The second-order valence-corrected chi connectivity index (χ2v) is 4.58. The molecule has 0 aliphatic rings. The highest BCUT2D eigenvalue weighted by molar-refractivity contribution is 5.89. The van der Waals surface area contributed by atoms with E-state index in [1.165, 1.54) is 19.2 Å². The third-order valence-electron chi connectivity index (χ3n) is 3.09. The maximum Gasteiger partial charge on any atom is 0.337 e. The molecule has 0 aromatic heterocycles. The first-order chi connectivity index (χ1) is 11.0. The predicted molar refractivity (Wildman–Crippen MR) is 80.6 cm³/mol. The van der Waals surface area contributed by atoms with E-state index in [0.29, 0.717) is 11.8 Å². The van der Waals surface area contributed by atoms with E-state index in [0.717, 1.165) is 11.6 Å². The van der Waals surface area contributed by atoms with Gasteiger partial charge in [-0.3, -0.25) is 14.9 Å². The number of methoxy groups -OCH3 is 1. The van der Waals surface area contributed by atoms with Crippen molar-refractivity contribution in [3.8, 4) is 5.75 Å². The van der Waals surface area contributed by atoms with Crippen molar-refractivity contribution in [1.29, 1.82) is 0 Å². The molecule has 0 N–H and O–H groups in total. The molecule has 0 atom stereocenters. The van der Waals surface area contributed by atoms with Gasteiger partial charge in [-0.25, -0.2) is 4.79 Å². The summed E-state index contributed by atoms with van der Waals surface area (Å²) in [6.07, 6.45) is 0.530. The first-order valence-electron chi connectivity index (χ1n) is 6.59. The summed E-state index contributed by atoms with van der Waals surface area (Å²) in [6, 6.07) is 10.5. The standard InChI is InChI=1S/C16H13NO6/c1-22-16(19)13-5-2-11(3-6-13)10-23-15-7-4-12(9-18)8-14(15)17(20)21/h2-9H,10H2,1H3. The van der Waals surface area contributed by atoms with Crippen LogP contribution in [0, 0.1) is 10.1 Å². The second-order valence-electron chi connectivity index (χ2n) is 4.58. The molecular weight excluding hydrogens is 302 g/mol. The summed E-state index contributed by atoms with van der Waals surface area (Å²) in [6.45, 7) is 0.0860. The molecule has 2 aromatic carbocycles. The largest absolute Gasteiger partial charge is 0.482 e. The molecule has 118 valence electrons. The van der Waals surface area contributed by atoms with Gasteiger partial charge in [-0.05, 0) is 29.8 Å². The third-order valence-corrected chi connectivity index (χ3v) is 3.09. The highest BCUT2D eigenvalue weighted by atomic mass is 16.6. The van der Waals surface area contributed by atoms with Crippen LogP contribution < -0.4 is 4.74 Å². The first-order valence-corrected chi connectivity index (χ1v) is 6.59. The van der Waals surface area contributed by atoms with E-state index in [1.54, 1.807) is 24.3 Å². The minimum absolute atomic E-state index is 0.0673. The molecule has 0 saturated heterocycles. The normalized spacial score (nSPS) is 9.96. The summed E-state index contributed by atoms with van der Waals surface area (Å²) in [5, 5.41) is 11.0. The Morgan fingerprint density at radius 3 is 2.48 bits per heavy atom. The van der Waals surface area contributed by atoms with Crippen LogP contribution in [0.3, 0.4) is 0 Å². The number of esters is 1. The van der Waals surface area contributed by atoms with Crippen LogP contribution in [0.4, 0.5) is 5.69 Å². The zero-order chi connectivity index (χ0) is 16.8. The van der Waals surface area contributed by atoms with E-state index in [-0.39, 0.29) is 23.6 Å². The van der Waals surface area contributed by atoms with Crippen molar-refractivity contribution in [2.45, 2.75) is 6.61 Å². The van der Waals surface area contributed by atoms with Crippen molar-refractivity contribution in [3.63, 3.8) is 0 Å². The average Bonchev–Trinajstić information content (AvgIpc) is 2.59. The molecule has 0 fully saturated rings. The molecule has 0 heterocycles. The topological polar surface area (TPSA) is 95.7 Å². The number of carbonyl (C=O) groups is 2. The first kappa shape index (κ1) is 16.2. The van der Waals surface area contributed by atoms with Crippen LogP contribution in [-0.2, 0) is 11.3 Å². The van der Waals surface area contributed by atoms with Crippen molar-refractivity contribution < 1.29 is 24.0 Å². The second kappa shape index (κ2) is 7.17. The smallest absolute Gasteiger partial charge is 0.337 e. The highest BCUT2D eigenvalue weighted by Crippen LogP contribution is 2.28. The van der Waals surface area contributed by atoms with Gasteiger partial charge in [-0.1, -0.05) is 12.1 Å². The van der Waals surface area contributed by atoms with Crippen molar-refractivity contribution in [2.24, 2.45) is 0 Å². The summed E-state index contributed by atoms with van der Waals surface area (Å²) in [4.78, 5) is 32.4. The monoisotopic (exact) mass is 315 g/mol. The van der Waals surface area contributed by atoms with Gasteiger partial charge in [0.2, 0.25) is 0 Å². The molecule has 0 saturated carbocycles. The van der Waals surface area contributed by atoms with E-state index < -0.39 is 10.9 Å². The van der Waals surface area contributed by atoms with Crippen LogP contribution in [0.25, 0.3) is 0 Å². The molecular formula is C16H13NO6. The van der Waals surface area contributed by atoms with Crippen LogP contribution in [0.5, 0.6) is 5.75 Å². The summed E-state index contributed by atoms with van der Waals surface area (Å²) in [7, 11) is 1.29. The Labute approximate surface area is 131 Å². The lowest BCUT2D eigenvalue weighted by molar-refractivity contribution is -0.386. The van der Waals surface area contributed by atoms with E-state index in [9.17, 15) is 19.7 Å². The Kier molecular flexibility index (Phi) is 5.03. The molecule has 2 rings (SSSR count). The molecule has 0 unspecified atom stereocenters. The van der Waals surface area contributed by atoms with Crippen LogP contribution in [0.2, 0.25) is 0 Å². The molecule has 2 aromatic rings.